The van der Waals surface area contributed by atoms with Crippen LogP contribution >= 0.6 is 0 Å². The largest absolute Gasteiger partial charge is 0.465 e. The number of carbonyl (C=O) groups excluding carboxylic acids is 1. The summed E-state index contributed by atoms with van der Waals surface area (Å²) in [6.07, 6.45) is 5.24. The van der Waals surface area contributed by atoms with Crippen LogP contribution in [0.15, 0.2) is 18.3 Å². The molecular formula is C15H22N2O3. The summed E-state index contributed by atoms with van der Waals surface area (Å²) in [5.41, 5.74) is -0.319. The highest BCUT2D eigenvalue weighted by Crippen LogP contribution is 2.32. The van der Waals surface area contributed by atoms with Crippen LogP contribution < -0.4 is 5.32 Å². The van der Waals surface area contributed by atoms with E-state index in [2.05, 4.69) is 17.2 Å². The number of carbonyl (C=O) groups is 1. The summed E-state index contributed by atoms with van der Waals surface area (Å²) >= 11 is 0. The lowest BCUT2D eigenvalue weighted by atomic mass is 9.79. The van der Waals surface area contributed by atoms with Gasteiger partial charge in [0.25, 0.3) is 0 Å². The number of nitrogens with zero attached hydrogens (tertiary/aromatic N) is 1. The molecule has 5 heteroatoms. The van der Waals surface area contributed by atoms with Crippen molar-refractivity contribution in [3.8, 4) is 0 Å². The van der Waals surface area contributed by atoms with Crippen LogP contribution in [-0.2, 0) is 4.74 Å². The molecule has 0 amide bonds. The summed E-state index contributed by atoms with van der Waals surface area (Å²) < 4.78 is 4.73. The molecule has 0 atom stereocenters. The lowest BCUT2D eigenvalue weighted by molar-refractivity contribution is 0.00489. The lowest BCUT2D eigenvalue weighted by Gasteiger charge is -2.35. The maximum Gasteiger partial charge on any atom is 0.341 e. The number of rotatable bonds is 4. The predicted octanol–water partition coefficient (Wildman–Crippen LogP) is 2.22. The molecule has 1 aromatic heterocycles. The number of methoxy groups -OCH3 is 1. The van der Waals surface area contributed by atoms with Gasteiger partial charge in [0.05, 0.1) is 12.7 Å². The molecule has 1 saturated carbocycles. The molecule has 2 rings (SSSR count). The number of esters is 1. The third kappa shape index (κ3) is 3.48. The first-order valence-corrected chi connectivity index (χ1v) is 7.04. The Hall–Kier alpha value is -1.62. The molecule has 1 aromatic rings. The van der Waals surface area contributed by atoms with E-state index < -0.39 is 11.6 Å². The van der Waals surface area contributed by atoms with E-state index in [9.17, 15) is 9.90 Å². The molecule has 0 saturated heterocycles. The summed E-state index contributed by atoms with van der Waals surface area (Å²) in [5, 5.41) is 13.6. The quantitative estimate of drug-likeness (QED) is 0.826. The van der Waals surface area contributed by atoms with Gasteiger partial charge in [-0.1, -0.05) is 6.92 Å². The second-order valence-corrected chi connectivity index (χ2v) is 5.65. The van der Waals surface area contributed by atoms with Gasteiger partial charge in [-0.05, 0) is 43.7 Å². The zero-order valence-corrected chi connectivity index (χ0v) is 12.1. The maximum absolute atomic E-state index is 11.6. The molecule has 2 N–H and O–H groups in total. The van der Waals surface area contributed by atoms with E-state index in [4.69, 9.17) is 4.74 Å². The molecule has 110 valence electrons. The van der Waals surface area contributed by atoms with E-state index >= 15 is 0 Å². The third-order valence-electron chi connectivity index (χ3n) is 4.00. The van der Waals surface area contributed by atoms with Gasteiger partial charge in [0, 0.05) is 12.7 Å². The van der Waals surface area contributed by atoms with E-state index in [-0.39, 0.29) is 0 Å². The number of aromatic nitrogens is 1. The number of hydrogen-bond donors (Lipinski definition) is 2. The van der Waals surface area contributed by atoms with Crippen molar-refractivity contribution in [1.29, 1.82) is 0 Å². The van der Waals surface area contributed by atoms with Crippen molar-refractivity contribution in [2.45, 2.75) is 38.2 Å². The first-order valence-electron chi connectivity index (χ1n) is 7.04. The van der Waals surface area contributed by atoms with Crippen LogP contribution in [0, 0.1) is 5.92 Å². The molecule has 0 bridgehead atoms. The summed E-state index contributed by atoms with van der Waals surface area (Å²) in [6.45, 7) is 2.61. The highest BCUT2D eigenvalue weighted by Gasteiger charge is 2.32. The molecule has 0 unspecified atom stereocenters. The lowest BCUT2D eigenvalue weighted by Crippen LogP contribution is -2.40. The van der Waals surface area contributed by atoms with Crippen LogP contribution in [0.25, 0.3) is 0 Å². The van der Waals surface area contributed by atoms with Crippen molar-refractivity contribution in [2.75, 3.05) is 19.0 Å². The molecule has 5 nitrogen and oxygen atoms in total. The average molecular weight is 278 g/mol. The van der Waals surface area contributed by atoms with E-state index in [0.717, 1.165) is 25.7 Å². The van der Waals surface area contributed by atoms with E-state index in [1.54, 1.807) is 18.3 Å². The van der Waals surface area contributed by atoms with Gasteiger partial charge in [0.15, 0.2) is 0 Å². The molecule has 0 aromatic carbocycles. The fraction of sp³-hybridized carbons (Fsp3) is 0.600. The summed E-state index contributed by atoms with van der Waals surface area (Å²) in [6, 6.07) is 3.35. The first-order chi connectivity index (χ1) is 9.54. The maximum atomic E-state index is 11.6. The molecule has 0 spiro atoms. The monoisotopic (exact) mass is 278 g/mol. The topological polar surface area (TPSA) is 71.5 Å². The molecule has 0 radical (unpaired) electrons. The highest BCUT2D eigenvalue weighted by molar-refractivity contribution is 5.94. The summed E-state index contributed by atoms with van der Waals surface area (Å²) in [7, 11) is 1.34. The van der Waals surface area contributed by atoms with Crippen molar-refractivity contribution in [3.63, 3.8) is 0 Å². The second-order valence-electron chi connectivity index (χ2n) is 5.65. The summed E-state index contributed by atoms with van der Waals surface area (Å²) in [5.74, 6) is 0.715. The van der Waals surface area contributed by atoms with E-state index in [1.807, 2.05) is 0 Å². The van der Waals surface area contributed by atoms with Crippen LogP contribution in [0.5, 0.6) is 0 Å². The van der Waals surface area contributed by atoms with Crippen molar-refractivity contribution >= 4 is 11.8 Å². The van der Waals surface area contributed by atoms with Gasteiger partial charge in [-0.2, -0.15) is 0 Å². The molecule has 1 aliphatic carbocycles. The number of hydrogen-bond acceptors (Lipinski definition) is 5. The average Bonchev–Trinajstić information content (AvgIpc) is 2.48. The molecule has 0 aliphatic heterocycles. The van der Waals surface area contributed by atoms with Crippen molar-refractivity contribution < 1.29 is 14.6 Å². The SMILES string of the molecule is COC(=O)c1cccnc1NCC1(O)CCC(C)CC1. The highest BCUT2D eigenvalue weighted by atomic mass is 16.5. The molecule has 1 heterocycles. The molecule has 20 heavy (non-hydrogen) atoms. The molecule has 1 aliphatic rings. The Morgan fingerprint density at radius 3 is 2.90 bits per heavy atom. The van der Waals surface area contributed by atoms with Gasteiger partial charge in [-0.25, -0.2) is 9.78 Å². The number of anilines is 1. The Balaban J connectivity index is 2.02. The number of pyridine rings is 1. The van der Waals surface area contributed by atoms with Crippen LogP contribution in [0.2, 0.25) is 0 Å². The Morgan fingerprint density at radius 2 is 2.25 bits per heavy atom. The smallest absolute Gasteiger partial charge is 0.341 e. The van der Waals surface area contributed by atoms with Crippen LogP contribution in [-0.4, -0.2) is 35.3 Å². The minimum absolute atomic E-state index is 0.391. The number of ether oxygens (including phenoxy) is 1. The van der Waals surface area contributed by atoms with Gasteiger partial charge in [-0.3, -0.25) is 0 Å². The van der Waals surface area contributed by atoms with Gasteiger partial charge < -0.3 is 15.2 Å². The zero-order valence-electron chi connectivity index (χ0n) is 12.1. The van der Waals surface area contributed by atoms with Gasteiger partial charge in [-0.15, -0.1) is 0 Å². The van der Waals surface area contributed by atoms with Gasteiger partial charge in [0.2, 0.25) is 0 Å². The number of nitrogens with one attached hydrogen (secondary N) is 1. The van der Waals surface area contributed by atoms with E-state index in [1.165, 1.54) is 7.11 Å². The van der Waals surface area contributed by atoms with Crippen molar-refractivity contribution in [2.24, 2.45) is 5.92 Å². The minimum Gasteiger partial charge on any atom is -0.465 e. The molecule has 1 fully saturated rings. The Bertz CT molecular complexity index is 468. The first kappa shape index (κ1) is 14.8. The summed E-state index contributed by atoms with van der Waals surface area (Å²) in [4.78, 5) is 15.8. The van der Waals surface area contributed by atoms with Crippen LogP contribution in [0.3, 0.4) is 0 Å². The van der Waals surface area contributed by atoms with Gasteiger partial charge >= 0.3 is 5.97 Å². The minimum atomic E-state index is -0.711. The zero-order chi connectivity index (χ0) is 14.6. The predicted molar refractivity (Wildman–Crippen MR) is 76.6 cm³/mol. The van der Waals surface area contributed by atoms with E-state index in [0.29, 0.717) is 23.8 Å². The third-order valence-corrected chi connectivity index (χ3v) is 4.00. The Kier molecular flexibility index (Phi) is 4.60. The second kappa shape index (κ2) is 6.22. The number of aliphatic hydroxyl groups is 1. The Morgan fingerprint density at radius 1 is 1.55 bits per heavy atom. The standard InChI is InChI=1S/C15H22N2O3/c1-11-5-7-15(19,8-6-11)10-17-13-12(14(18)20-2)4-3-9-16-13/h3-4,9,11,19H,5-8,10H2,1-2H3,(H,16,17). The van der Waals surface area contributed by atoms with Gasteiger partial charge in [0.1, 0.15) is 11.4 Å². The molecular weight excluding hydrogens is 256 g/mol. The van der Waals surface area contributed by atoms with Crippen LogP contribution in [0.1, 0.15) is 43.0 Å². The van der Waals surface area contributed by atoms with Crippen molar-refractivity contribution in [1.82, 2.24) is 4.98 Å². The fourth-order valence-electron chi connectivity index (χ4n) is 2.55. The van der Waals surface area contributed by atoms with Crippen LogP contribution in [0.4, 0.5) is 5.82 Å². The fourth-order valence-corrected chi connectivity index (χ4v) is 2.55. The Labute approximate surface area is 119 Å². The van der Waals surface area contributed by atoms with Crippen molar-refractivity contribution in [3.05, 3.63) is 23.9 Å². The normalized spacial score (nSPS) is 26.1.